The second-order valence-electron chi connectivity index (χ2n) is 4.50. The number of hydrogen-bond donors (Lipinski definition) is 2. The van der Waals surface area contributed by atoms with Gasteiger partial charge in [-0.05, 0) is 31.0 Å². The smallest absolute Gasteiger partial charge is 0.227 e. The van der Waals surface area contributed by atoms with Gasteiger partial charge in [0.2, 0.25) is 5.91 Å². The number of amides is 1. The number of halogens is 1. The van der Waals surface area contributed by atoms with Crippen LogP contribution in [0.4, 0.5) is 15.8 Å². The first-order chi connectivity index (χ1) is 8.58. The molecule has 0 saturated carbocycles. The van der Waals surface area contributed by atoms with E-state index in [2.05, 4.69) is 19.2 Å². The minimum Gasteiger partial charge on any atom is -0.396 e. The SMILES string of the molecule is CCCC(CCC)C(=O)Nc1ccc(F)c(N)c1. The van der Waals surface area contributed by atoms with Gasteiger partial charge in [0.05, 0.1) is 5.69 Å². The van der Waals surface area contributed by atoms with Crippen molar-refractivity contribution in [1.29, 1.82) is 0 Å². The van der Waals surface area contributed by atoms with Crippen LogP contribution in [0, 0.1) is 11.7 Å². The van der Waals surface area contributed by atoms with E-state index in [9.17, 15) is 9.18 Å². The summed E-state index contributed by atoms with van der Waals surface area (Å²) in [7, 11) is 0. The van der Waals surface area contributed by atoms with Crippen LogP contribution < -0.4 is 11.1 Å². The molecule has 0 aliphatic heterocycles. The Morgan fingerprint density at radius 3 is 2.44 bits per heavy atom. The van der Waals surface area contributed by atoms with E-state index in [0.29, 0.717) is 5.69 Å². The molecule has 1 amide bonds. The number of carbonyl (C=O) groups is 1. The van der Waals surface area contributed by atoms with Crippen LogP contribution >= 0.6 is 0 Å². The van der Waals surface area contributed by atoms with Gasteiger partial charge in [-0.25, -0.2) is 4.39 Å². The van der Waals surface area contributed by atoms with Gasteiger partial charge in [0, 0.05) is 11.6 Å². The molecule has 1 aromatic carbocycles. The molecule has 0 aliphatic carbocycles. The fourth-order valence-corrected chi connectivity index (χ4v) is 1.97. The fourth-order valence-electron chi connectivity index (χ4n) is 1.97. The summed E-state index contributed by atoms with van der Waals surface area (Å²) in [4.78, 5) is 12.0. The lowest BCUT2D eigenvalue weighted by molar-refractivity contribution is -0.120. The van der Waals surface area contributed by atoms with Crippen LogP contribution in [-0.4, -0.2) is 5.91 Å². The van der Waals surface area contributed by atoms with E-state index in [0.717, 1.165) is 25.7 Å². The average Bonchev–Trinajstić information content (AvgIpc) is 2.33. The second kappa shape index (κ2) is 6.99. The van der Waals surface area contributed by atoms with Gasteiger partial charge in [0.15, 0.2) is 0 Å². The molecular weight excluding hydrogens is 231 g/mol. The maximum absolute atomic E-state index is 13.0. The van der Waals surface area contributed by atoms with Gasteiger partial charge < -0.3 is 11.1 Å². The van der Waals surface area contributed by atoms with Gasteiger partial charge >= 0.3 is 0 Å². The molecular formula is C14H21FN2O. The molecule has 3 N–H and O–H groups in total. The number of hydrogen-bond acceptors (Lipinski definition) is 2. The number of nitrogen functional groups attached to an aromatic ring is 1. The molecule has 100 valence electrons. The lowest BCUT2D eigenvalue weighted by Gasteiger charge is -2.15. The summed E-state index contributed by atoms with van der Waals surface area (Å²) in [6.07, 6.45) is 3.69. The zero-order valence-electron chi connectivity index (χ0n) is 11.0. The van der Waals surface area contributed by atoms with Crippen molar-refractivity contribution >= 4 is 17.3 Å². The number of benzene rings is 1. The molecule has 0 radical (unpaired) electrons. The van der Waals surface area contributed by atoms with E-state index in [-0.39, 0.29) is 17.5 Å². The molecule has 1 aromatic rings. The summed E-state index contributed by atoms with van der Waals surface area (Å²) in [5.41, 5.74) is 6.07. The molecule has 1 rings (SSSR count). The normalized spacial score (nSPS) is 10.7. The fraction of sp³-hybridized carbons (Fsp3) is 0.500. The molecule has 0 spiro atoms. The van der Waals surface area contributed by atoms with E-state index in [1.54, 1.807) is 0 Å². The van der Waals surface area contributed by atoms with Gasteiger partial charge in [-0.15, -0.1) is 0 Å². The Morgan fingerprint density at radius 1 is 1.33 bits per heavy atom. The number of nitrogens with one attached hydrogen (secondary N) is 1. The summed E-state index contributed by atoms with van der Waals surface area (Å²) in [5.74, 6) is -0.456. The van der Waals surface area contributed by atoms with Gasteiger partial charge in [-0.1, -0.05) is 26.7 Å². The average molecular weight is 252 g/mol. The Labute approximate surface area is 108 Å². The van der Waals surface area contributed by atoms with Gasteiger partial charge in [-0.2, -0.15) is 0 Å². The molecule has 18 heavy (non-hydrogen) atoms. The third-order valence-electron chi connectivity index (χ3n) is 2.91. The molecule has 0 bridgehead atoms. The van der Waals surface area contributed by atoms with E-state index < -0.39 is 5.82 Å². The third kappa shape index (κ3) is 4.02. The third-order valence-corrected chi connectivity index (χ3v) is 2.91. The van der Waals surface area contributed by atoms with E-state index in [1.807, 2.05) is 0 Å². The van der Waals surface area contributed by atoms with Crippen LogP contribution in [0.15, 0.2) is 18.2 Å². The largest absolute Gasteiger partial charge is 0.396 e. The van der Waals surface area contributed by atoms with E-state index >= 15 is 0 Å². The molecule has 4 heteroatoms. The summed E-state index contributed by atoms with van der Waals surface area (Å²) in [5, 5.41) is 2.79. The van der Waals surface area contributed by atoms with Crippen LogP contribution in [0.1, 0.15) is 39.5 Å². The molecule has 0 atom stereocenters. The quantitative estimate of drug-likeness (QED) is 0.760. The zero-order valence-corrected chi connectivity index (χ0v) is 11.0. The number of carbonyl (C=O) groups excluding carboxylic acids is 1. The molecule has 0 unspecified atom stereocenters. The first-order valence-corrected chi connectivity index (χ1v) is 6.44. The van der Waals surface area contributed by atoms with Crippen molar-refractivity contribution in [2.75, 3.05) is 11.1 Å². The summed E-state index contributed by atoms with van der Waals surface area (Å²) in [6.45, 7) is 4.12. The minimum atomic E-state index is -0.466. The van der Waals surface area contributed by atoms with Crippen LogP contribution in [-0.2, 0) is 4.79 Å². The maximum atomic E-state index is 13.0. The summed E-state index contributed by atoms with van der Waals surface area (Å²) < 4.78 is 13.0. The van der Waals surface area contributed by atoms with Crippen LogP contribution in [0.5, 0.6) is 0 Å². The van der Waals surface area contributed by atoms with Crippen molar-refractivity contribution in [2.24, 2.45) is 5.92 Å². The van der Waals surface area contributed by atoms with Gasteiger partial charge in [-0.3, -0.25) is 4.79 Å². The molecule has 0 aromatic heterocycles. The number of anilines is 2. The highest BCUT2D eigenvalue weighted by molar-refractivity contribution is 5.92. The Balaban J connectivity index is 2.69. The highest BCUT2D eigenvalue weighted by Gasteiger charge is 2.16. The molecule has 3 nitrogen and oxygen atoms in total. The van der Waals surface area contributed by atoms with Gasteiger partial charge in [0.1, 0.15) is 5.82 Å². The van der Waals surface area contributed by atoms with Crippen molar-refractivity contribution in [1.82, 2.24) is 0 Å². The lowest BCUT2D eigenvalue weighted by atomic mass is 9.97. The van der Waals surface area contributed by atoms with E-state index in [1.165, 1.54) is 18.2 Å². The highest BCUT2D eigenvalue weighted by atomic mass is 19.1. The molecule has 0 fully saturated rings. The number of nitrogens with two attached hydrogens (primary N) is 1. The summed E-state index contributed by atoms with van der Waals surface area (Å²) >= 11 is 0. The predicted octanol–water partition coefficient (Wildman–Crippen LogP) is 3.56. The van der Waals surface area contributed by atoms with Crippen molar-refractivity contribution < 1.29 is 9.18 Å². The highest BCUT2D eigenvalue weighted by Crippen LogP contribution is 2.20. The van der Waals surface area contributed by atoms with Crippen LogP contribution in [0.2, 0.25) is 0 Å². The Bertz CT molecular complexity index is 401. The zero-order chi connectivity index (χ0) is 13.5. The first kappa shape index (κ1) is 14.5. The molecule has 0 aliphatic rings. The minimum absolute atomic E-state index is 0.00953. The molecule has 0 heterocycles. The Morgan fingerprint density at radius 2 is 1.94 bits per heavy atom. The Kier molecular flexibility index (Phi) is 5.62. The van der Waals surface area contributed by atoms with Gasteiger partial charge in [0.25, 0.3) is 0 Å². The lowest BCUT2D eigenvalue weighted by Crippen LogP contribution is -2.22. The predicted molar refractivity (Wildman–Crippen MR) is 72.7 cm³/mol. The van der Waals surface area contributed by atoms with Crippen molar-refractivity contribution in [2.45, 2.75) is 39.5 Å². The monoisotopic (exact) mass is 252 g/mol. The standard InChI is InChI=1S/C14H21FN2O/c1-3-5-10(6-4-2)14(18)17-11-7-8-12(15)13(16)9-11/h7-10H,3-6,16H2,1-2H3,(H,17,18). The van der Waals surface area contributed by atoms with Crippen molar-refractivity contribution in [3.63, 3.8) is 0 Å². The summed E-state index contributed by atoms with van der Waals surface area (Å²) in [6, 6.07) is 4.24. The van der Waals surface area contributed by atoms with Crippen LogP contribution in [0.3, 0.4) is 0 Å². The topological polar surface area (TPSA) is 55.1 Å². The first-order valence-electron chi connectivity index (χ1n) is 6.44. The Hall–Kier alpha value is -1.58. The second-order valence-corrected chi connectivity index (χ2v) is 4.50. The number of rotatable bonds is 6. The van der Waals surface area contributed by atoms with E-state index in [4.69, 9.17) is 5.73 Å². The maximum Gasteiger partial charge on any atom is 0.227 e. The van der Waals surface area contributed by atoms with Crippen molar-refractivity contribution in [3.05, 3.63) is 24.0 Å². The van der Waals surface area contributed by atoms with Crippen molar-refractivity contribution in [3.8, 4) is 0 Å². The molecule has 0 saturated heterocycles. The van der Waals surface area contributed by atoms with Crippen LogP contribution in [0.25, 0.3) is 0 Å².